The lowest BCUT2D eigenvalue weighted by Crippen LogP contribution is -2.32. The van der Waals surface area contributed by atoms with Crippen molar-refractivity contribution in [3.63, 3.8) is 0 Å². The average Bonchev–Trinajstić information content (AvgIpc) is 2.21. The van der Waals surface area contributed by atoms with Gasteiger partial charge < -0.3 is 0 Å². The van der Waals surface area contributed by atoms with E-state index >= 15 is 0 Å². The number of hydrazine groups is 1. The Kier molecular flexibility index (Phi) is 4.11. The van der Waals surface area contributed by atoms with Gasteiger partial charge in [0.15, 0.2) is 0 Å². The summed E-state index contributed by atoms with van der Waals surface area (Å²) in [5.41, 5.74) is 5.45. The molecule has 2 heteroatoms. The maximum atomic E-state index is 5.57. The van der Waals surface area contributed by atoms with Gasteiger partial charge in [0.1, 0.15) is 0 Å². The number of nitrogens with two attached hydrogens (primary N) is 1. The Labute approximate surface area is 86.5 Å². The van der Waals surface area contributed by atoms with Crippen LogP contribution in [-0.2, 0) is 0 Å². The van der Waals surface area contributed by atoms with Gasteiger partial charge in [-0.3, -0.25) is 11.3 Å². The van der Waals surface area contributed by atoms with Crippen molar-refractivity contribution in [3.8, 4) is 0 Å². The highest BCUT2D eigenvalue weighted by molar-refractivity contribution is 5.24. The zero-order chi connectivity index (χ0) is 10.6. The lowest BCUT2D eigenvalue weighted by Gasteiger charge is -2.22. The van der Waals surface area contributed by atoms with E-state index in [-0.39, 0.29) is 6.04 Å². The van der Waals surface area contributed by atoms with E-state index in [0.29, 0.717) is 5.92 Å². The Hall–Kier alpha value is -0.860. The quantitative estimate of drug-likeness (QED) is 0.568. The monoisotopic (exact) mass is 192 g/mol. The lowest BCUT2D eigenvalue weighted by atomic mass is 9.93. The van der Waals surface area contributed by atoms with Crippen LogP contribution >= 0.6 is 0 Å². The Morgan fingerprint density at radius 1 is 1.29 bits per heavy atom. The third-order valence-corrected chi connectivity index (χ3v) is 2.83. The van der Waals surface area contributed by atoms with E-state index in [2.05, 4.69) is 50.5 Å². The van der Waals surface area contributed by atoms with Crippen LogP contribution in [0.2, 0.25) is 0 Å². The van der Waals surface area contributed by atoms with Crippen molar-refractivity contribution in [2.45, 2.75) is 33.2 Å². The maximum absolute atomic E-state index is 5.57. The summed E-state index contributed by atoms with van der Waals surface area (Å²) < 4.78 is 0. The molecule has 1 rings (SSSR count). The molecule has 1 aromatic rings. The molecule has 0 radical (unpaired) electrons. The first kappa shape index (κ1) is 11.2. The van der Waals surface area contributed by atoms with Crippen molar-refractivity contribution in [1.82, 2.24) is 5.43 Å². The van der Waals surface area contributed by atoms with E-state index in [0.717, 1.165) is 6.42 Å². The molecule has 0 saturated heterocycles. The van der Waals surface area contributed by atoms with Gasteiger partial charge in [-0.2, -0.15) is 0 Å². The van der Waals surface area contributed by atoms with Gasteiger partial charge in [0.25, 0.3) is 0 Å². The maximum Gasteiger partial charge on any atom is 0.0485 e. The second-order valence-corrected chi connectivity index (χ2v) is 3.94. The highest BCUT2D eigenvalue weighted by Crippen LogP contribution is 2.23. The summed E-state index contributed by atoms with van der Waals surface area (Å²) >= 11 is 0. The van der Waals surface area contributed by atoms with E-state index in [1.807, 2.05) is 0 Å². The molecule has 0 aliphatic carbocycles. The third kappa shape index (κ3) is 2.56. The predicted molar refractivity (Wildman–Crippen MR) is 60.7 cm³/mol. The van der Waals surface area contributed by atoms with Gasteiger partial charge >= 0.3 is 0 Å². The fourth-order valence-corrected chi connectivity index (χ4v) is 1.60. The van der Waals surface area contributed by atoms with E-state index < -0.39 is 0 Å². The molecule has 78 valence electrons. The second-order valence-electron chi connectivity index (χ2n) is 3.94. The summed E-state index contributed by atoms with van der Waals surface area (Å²) in [7, 11) is 0. The zero-order valence-corrected chi connectivity index (χ0v) is 9.25. The molecule has 0 spiro atoms. The normalized spacial score (nSPS) is 15.1. The van der Waals surface area contributed by atoms with Gasteiger partial charge in [-0.05, 0) is 18.4 Å². The predicted octanol–water partition coefficient (Wildman–Crippen LogP) is 2.55. The van der Waals surface area contributed by atoms with Crippen LogP contribution < -0.4 is 11.3 Å². The summed E-state index contributed by atoms with van der Waals surface area (Å²) in [6.45, 7) is 6.49. The van der Waals surface area contributed by atoms with E-state index in [9.17, 15) is 0 Å². The van der Waals surface area contributed by atoms with Crippen molar-refractivity contribution in [2.75, 3.05) is 0 Å². The van der Waals surface area contributed by atoms with Crippen molar-refractivity contribution in [1.29, 1.82) is 0 Å². The average molecular weight is 192 g/mol. The largest absolute Gasteiger partial charge is 0.271 e. The van der Waals surface area contributed by atoms with E-state index in [1.54, 1.807) is 0 Å². The van der Waals surface area contributed by atoms with Crippen LogP contribution in [-0.4, -0.2) is 0 Å². The topological polar surface area (TPSA) is 38.0 Å². The fourth-order valence-electron chi connectivity index (χ4n) is 1.60. The summed E-state index contributed by atoms with van der Waals surface area (Å²) in [6, 6.07) is 8.81. The van der Waals surface area contributed by atoms with Crippen molar-refractivity contribution in [3.05, 3.63) is 35.4 Å². The van der Waals surface area contributed by atoms with Gasteiger partial charge in [-0.25, -0.2) is 0 Å². The number of nitrogens with one attached hydrogen (secondary N) is 1. The van der Waals surface area contributed by atoms with Crippen LogP contribution in [0.25, 0.3) is 0 Å². The molecule has 14 heavy (non-hydrogen) atoms. The molecular formula is C12H20N2. The molecule has 2 nitrogen and oxygen atoms in total. The molecule has 3 N–H and O–H groups in total. The van der Waals surface area contributed by atoms with Crippen LogP contribution in [0, 0.1) is 12.8 Å². The van der Waals surface area contributed by atoms with Gasteiger partial charge in [-0.1, -0.05) is 50.1 Å². The SMILES string of the molecule is CCC(C)C(NN)c1ccc(C)cc1. The Balaban J connectivity index is 2.84. The summed E-state index contributed by atoms with van der Waals surface area (Å²) in [5, 5.41) is 0. The highest BCUT2D eigenvalue weighted by Gasteiger charge is 2.15. The van der Waals surface area contributed by atoms with Crippen molar-refractivity contribution >= 4 is 0 Å². The van der Waals surface area contributed by atoms with Gasteiger partial charge in [0.2, 0.25) is 0 Å². The van der Waals surface area contributed by atoms with Crippen LogP contribution in [0.4, 0.5) is 0 Å². The van der Waals surface area contributed by atoms with Crippen LogP contribution in [0.1, 0.15) is 37.4 Å². The zero-order valence-electron chi connectivity index (χ0n) is 9.25. The van der Waals surface area contributed by atoms with Crippen LogP contribution in [0.3, 0.4) is 0 Å². The summed E-state index contributed by atoms with van der Waals surface area (Å²) in [6.07, 6.45) is 1.13. The van der Waals surface area contributed by atoms with Crippen molar-refractivity contribution < 1.29 is 0 Å². The lowest BCUT2D eigenvalue weighted by molar-refractivity contribution is 0.383. The Bertz CT molecular complexity index is 266. The standard InChI is InChI=1S/C12H20N2/c1-4-10(3)12(14-13)11-7-5-9(2)6-8-11/h5-8,10,12,14H,4,13H2,1-3H3. The minimum absolute atomic E-state index is 0.264. The van der Waals surface area contributed by atoms with E-state index in [1.165, 1.54) is 11.1 Å². The smallest absolute Gasteiger partial charge is 0.0485 e. The number of hydrogen-bond donors (Lipinski definition) is 2. The first-order valence-corrected chi connectivity index (χ1v) is 5.21. The van der Waals surface area contributed by atoms with Gasteiger partial charge in [0.05, 0.1) is 0 Å². The van der Waals surface area contributed by atoms with Gasteiger partial charge in [0, 0.05) is 6.04 Å². The first-order chi connectivity index (χ1) is 6.69. The molecule has 0 fully saturated rings. The van der Waals surface area contributed by atoms with E-state index in [4.69, 9.17) is 5.84 Å². The second kappa shape index (κ2) is 5.13. The third-order valence-electron chi connectivity index (χ3n) is 2.83. The molecule has 2 atom stereocenters. The molecule has 0 heterocycles. The number of aryl methyl sites for hydroxylation is 1. The first-order valence-electron chi connectivity index (χ1n) is 5.21. The minimum atomic E-state index is 0.264. The Morgan fingerprint density at radius 2 is 1.86 bits per heavy atom. The molecule has 0 aliphatic rings. The Morgan fingerprint density at radius 3 is 2.29 bits per heavy atom. The highest BCUT2D eigenvalue weighted by atomic mass is 15.2. The van der Waals surface area contributed by atoms with Crippen LogP contribution in [0.5, 0.6) is 0 Å². The van der Waals surface area contributed by atoms with Gasteiger partial charge in [-0.15, -0.1) is 0 Å². The minimum Gasteiger partial charge on any atom is -0.271 e. The summed E-state index contributed by atoms with van der Waals surface area (Å²) in [5.74, 6) is 6.13. The molecule has 0 amide bonds. The number of benzene rings is 1. The molecule has 0 aromatic heterocycles. The molecule has 2 unspecified atom stereocenters. The molecular weight excluding hydrogens is 172 g/mol. The molecule has 1 aromatic carbocycles. The fraction of sp³-hybridized carbons (Fsp3) is 0.500. The van der Waals surface area contributed by atoms with Crippen molar-refractivity contribution in [2.24, 2.45) is 11.8 Å². The molecule has 0 bridgehead atoms. The summed E-state index contributed by atoms with van der Waals surface area (Å²) in [4.78, 5) is 0. The molecule has 0 aliphatic heterocycles. The van der Waals surface area contributed by atoms with Crippen LogP contribution in [0.15, 0.2) is 24.3 Å². The number of hydrogen-bond acceptors (Lipinski definition) is 2. The molecule has 0 saturated carbocycles. The number of rotatable bonds is 4.